The van der Waals surface area contributed by atoms with Crippen LogP contribution < -0.4 is 20.5 Å². The van der Waals surface area contributed by atoms with E-state index in [2.05, 4.69) is 5.32 Å². The van der Waals surface area contributed by atoms with Gasteiger partial charge in [-0.3, -0.25) is 4.79 Å². The quantitative estimate of drug-likeness (QED) is 0.825. The molecule has 1 rings (SSSR count). The van der Waals surface area contributed by atoms with Crippen LogP contribution in [-0.2, 0) is 0 Å². The molecule has 3 N–H and O–H groups in total. The third-order valence-electron chi connectivity index (χ3n) is 2.62. The van der Waals surface area contributed by atoms with E-state index in [-0.39, 0.29) is 5.91 Å². The van der Waals surface area contributed by atoms with Crippen LogP contribution in [0.1, 0.15) is 24.2 Å². The van der Waals surface area contributed by atoms with Crippen LogP contribution in [0.15, 0.2) is 18.2 Å². The van der Waals surface area contributed by atoms with Crippen LogP contribution in [0.2, 0.25) is 0 Å². The lowest BCUT2D eigenvalue weighted by molar-refractivity contribution is 0.0912. The molecule has 0 atom stereocenters. The van der Waals surface area contributed by atoms with Crippen molar-refractivity contribution in [2.45, 2.75) is 19.4 Å². The lowest BCUT2D eigenvalue weighted by Gasteiger charge is -2.24. The lowest BCUT2D eigenvalue weighted by atomic mass is 10.0. The maximum atomic E-state index is 12.1. The molecule has 1 amide bonds. The van der Waals surface area contributed by atoms with E-state index in [0.717, 1.165) is 0 Å². The van der Waals surface area contributed by atoms with Crippen molar-refractivity contribution in [1.29, 1.82) is 0 Å². The molecule has 0 aliphatic carbocycles. The third kappa shape index (κ3) is 3.37. The number of nitrogens with two attached hydrogens (primary N) is 1. The topological polar surface area (TPSA) is 73.6 Å². The Morgan fingerprint density at radius 3 is 2.50 bits per heavy atom. The standard InChI is InChI=1S/C13H20N2O3/c1-13(2,8-14)15-12(16)10-6-5-9(17-3)7-11(10)18-4/h5-7H,8,14H2,1-4H3,(H,15,16). The van der Waals surface area contributed by atoms with Crippen LogP contribution in [0.25, 0.3) is 0 Å². The summed E-state index contributed by atoms with van der Waals surface area (Å²) in [6, 6.07) is 5.05. The van der Waals surface area contributed by atoms with Gasteiger partial charge < -0.3 is 20.5 Å². The number of nitrogens with one attached hydrogen (secondary N) is 1. The first-order valence-electron chi connectivity index (χ1n) is 5.68. The second kappa shape index (κ2) is 5.73. The van der Waals surface area contributed by atoms with Crippen molar-refractivity contribution in [2.24, 2.45) is 5.73 Å². The van der Waals surface area contributed by atoms with Crippen molar-refractivity contribution in [3.05, 3.63) is 23.8 Å². The summed E-state index contributed by atoms with van der Waals surface area (Å²) in [4.78, 5) is 12.1. The van der Waals surface area contributed by atoms with Gasteiger partial charge in [0.25, 0.3) is 5.91 Å². The molecule has 1 aromatic carbocycles. The van der Waals surface area contributed by atoms with E-state index < -0.39 is 5.54 Å². The zero-order valence-corrected chi connectivity index (χ0v) is 11.2. The molecule has 0 spiro atoms. The molecule has 0 saturated heterocycles. The molecule has 100 valence electrons. The second-order valence-electron chi connectivity index (χ2n) is 4.61. The Hall–Kier alpha value is -1.75. The first-order chi connectivity index (χ1) is 8.43. The number of rotatable bonds is 5. The van der Waals surface area contributed by atoms with Gasteiger partial charge in [0.15, 0.2) is 0 Å². The Morgan fingerprint density at radius 1 is 1.33 bits per heavy atom. The number of hydrogen-bond donors (Lipinski definition) is 2. The average molecular weight is 252 g/mol. The monoisotopic (exact) mass is 252 g/mol. The molecule has 5 heteroatoms. The van der Waals surface area contributed by atoms with Gasteiger partial charge in [-0.15, -0.1) is 0 Å². The summed E-state index contributed by atoms with van der Waals surface area (Å²) >= 11 is 0. The van der Waals surface area contributed by atoms with Crippen molar-refractivity contribution in [1.82, 2.24) is 5.32 Å². The van der Waals surface area contributed by atoms with Gasteiger partial charge in [-0.1, -0.05) is 0 Å². The Balaban J connectivity index is 2.99. The summed E-state index contributed by atoms with van der Waals surface area (Å²) in [5.41, 5.74) is 5.58. The largest absolute Gasteiger partial charge is 0.497 e. The predicted molar refractivity (Wildman–Crippen MR) is 70.1 cm³/mol. The molecular weight excluding hydrogens is 232 g/mol. The van der Waals surface area contributed by atoms with Crippen molar-refractivity contribution >= 4 is 5.91 Å². The molecule has 0 fully saturated rings. The summed E-state index contributed by atoms with van der Waals surface area (Å²) < 4.78 is 10.3. The first kappa shape index (κ1) is 14.3. The van der Waals surface area contributed by atoms with Gasteiger partial charge in [0.05, 0.1) is 19.8 Å². The van der Waals surface area contributed by atoms with Gasteiger partial charge in [-0.25, -0.2) is 0 Å². The number of carbonyl (C=O) groups is 1. The number of benzene rings is 1. The van der Waals surface area contributed by atoms with Crippen molar-refractivity contribution in [3.8, 4) is 11.5 Å². The van der Waals surface area contributed by atoms with Gasteiger partial charge in [0.2, 0.25) is 0 Å². The minimum atomic E-state index is -0.456. The van der Waals surface area contributed by atoms with Gasteiger partial charge in [0, 0.05) is 18.2 Å². The highest BCUT2D eigenvalue weighted by atomic mass is 16.5. The average Bonchev–Trinajstić information content (AvgIpc) is 2.37. The normalized spacial score (nSPS) is 10.9. The summed E-state index contributed by atoms with van der Waals surface area (Å²) in [5, 5.41) is 2.85. The van der Waals surface area contributed by atoms with E-state index in [1.165, 1.54) is 7.11 Å². The Morgan fingerprint density at radius 2 is 2.00 bits per heavy atom. The highest BCUT2D eigenvalue weighted by Crippen LogP contribution is 2.24. The van der Waals surface area contributed by atoms with E-state index in [0.29, 0.717) is 23.6 Å². The fourth-order valence-corrected chi connectivity index (χ4v) is 1.41. The zero-order chi connectivity index (χ0) is 13.8. The van der Waals surface area contributed by atoms with Crippen LogP contribution in [0.5, 0.6) is 11.5 Å². The minimum Gasteiger partial charge on any atom is -0.497 e. The Kier molecular flexibility index (Phi) is 4.55. The number of ether oxygens (including phenoxy) is 2. The van der Waals surface area contributed by atoms with Gasteiger partial charge >= 0.3 is 0 Å². The van der Waals surface area contributed by atoms with Crippen LogP contribution in [0, 0.1) is 0 Å². The third-order valence-corrected chi connectivity index (χ3v) is 2.62. The highest BCUT2D eigenvalue weighted by Gasteiger charge is 2.21. The molecule has 0 bridgehead atoms. The predicted octanol–water partition coefficient (Wildman–Crippen LogP) is 1.17. The minimum absolute atomic E-state index is 0.218. The van der Waals surface area contributed by atoms with E-state index in [9.17, 15) is 4.79 Å². The maximum Gasteiger partial charge on any atom is 0.255 e. The first-order valence-corrected chi connectivity index (χ1v) is 5.68. The molecule has 0 unspecified atom stereocenters. The number of carbonyl (C=O) groups excluding carboxylic acids is 1. The molecule has 0 aliphatic rings. The molecular formula is C13H20N2O3. The fourth-order valence-electron chi connectivity index (χ4n) is 1.41. The highest BCUT2D eigenvalue weighted by molar-refractivity contribution is 5.97. The van der Waals surface area contributed by atoms with Crippen molar-refractivity contribution in [2.75, 3.05) is 20.8 Å². The maximum absolute atomic E-state index is 12.1. The molecule has 0 radical (unpaired) electrons. The zero-order valence-electron chi connectivity index (χ0n) is 11.2. The summed E-state index contributed by atoms with van der Waals surface area (Å²) in [7, 11) is 3.08. The molecule has 5 nitrogen and oxygen atoms in total. The Bertz CT molecular complexity index is 430. The summed E-state index contributed by atoms with van der Waals surface area (Å²) in [5.74, 6) is 0.895. The van der Waals surface area contributed by atoms with Gasteiger partial charge in [-0.05, 0) is 26.0 Å². The van der Waals surface area contributed by atoms with Crippen LogP contribution in [0.3, 0.4) is 0 Å². The molecule has 18 heavy (non-hydrogen) atoms. The van der Waals surface area contributed by atoms with Crippen LogP contribution >= 0.6 is 0 Å². The summed E-state index contributed by atoms with van der Waals surface area (Å²) in [6.07, 6.45) is 0. The lowest BCUT2D eigenvalue weighted by Crippen LogP contribution is -2.48. The molecule has 0 saturated carbocycles. The smallest absolute Gasteiger partial charge is 0.255 e. The van der Waals surface area contributed by atoms with Gasteiger partial charge in [0.1, 0.15) is 11.5 Å². The van der Waals surface area contributed by atoms with E-state index in [1.54, 1.807) is 25.3 Å². The Labute approximate surface area is 107 Å². The molecule has 0 aliphatic heterocycles. The number of amides is 1. The summed E-state index contributed by atoms with van der Waals surface area (Å²) in [6.45, 7) is 4.08. The van der Waals surface area contributed by atoms with Crippen LogP contribution in [-0.4, -0.2) is 32.2 Å². The molecule has 0 heterocycles. The van der Waals surface area contributed by atoms with Gasteiger partial charge in [-0.2, -0.15) is 0 Å². The van der Waals surface area contributed by atoms with Crippen molar-refractivity contribution in [3.63, 3.8) is 0 Å². The fraction of sp³-hybridized carbons (Fsp3) is 0.462. The second-order valence-corrected chi connectivity index (χ2v) is 4.61. The van der Waals surface area contributed by atoms with Crippen molar-refractivity contribution < 1.29 is 14.3 Å². The van der Waals surface area contributed by atoms with E-state index in [1.807, 2.05) is 13.8 Å². The van der Waals surface area contributed by atoms with E-state index in [4.69, 9.17) is 15.2 Å². The number of hydrogen-bond acceptors (Lipinski definition) is 4. The molecule has 1 aromatic rings. The molecule has 0 aromatic heterocycles. The number of methoxy groups -OCH3 is 2. The SMILES string of the molecule is COc1ccc(C(=O)NC(C)(C)CN)c(OC)c1. The van der Waals surface area contributed by atoms with Crippen LogP contribution in [0.4, 0.5) is 0 Å². The van der Waals surface area contributed by atoms with E-state index >= 15 is 0 Å².